The zero-order valence-electron chi connectivity index (χ0n) is 6.30. The van der Waals surface area contributed by atoms with E-state index < -0.39 is 0 Å². The van der Waals surface area contributed by atoms with Crippen molar-refractivity contribution in [3.63, 3.8) is 0 Å². The van der Waals surface area contributed by atoms with Crippen LogP contribution in [0.3, 0.4) is 0 Å². The fourth-order valence-electron chi connectivity index (χ4n) is 0.938. The third-order valence-corrected chi connectivity index (χ3v) is 1.42. The smallest absolute Gasteiger partial charge is 0.00367 e. The summed E-state index contributed by atoms with van der Waals surface area (Å²) in [6.45, 7) is 2.19. The number of hydrogen-bond donors (Lipinski definition) is 1. The highest BCUT2D eigenvalue weighted by atomic mass is 14.8. The van der Waals surface area contributed by atoms with Crippen LogP contribution in [-0.4, -0.2) is 0 Å². The topological polar surface area (TPSA) is 12.0 Å². The van der Waals surface area contributed by atoms with Crippen LogP contribution < -0.4 is 5.32 Å². The van der Waals surface area contributed by atoms with Crippen LogP contribution in [0.4, 0.5) is 0 Å². The van der Waals surface area contributed by atoms with Crippen molar-refractivity contribution in [2.45, 2.75) is 19.8 Å². The second kappa shape index (κ2) is 3.94. The van der Waals surface area contributed by atoms with Crippen molar-refractivity contribution < 1.29 is 0 Å². The van der Waals surface area contributed by atoms with E-state index >= 15 is 0 Å². The summed E-state index contributed by atoms with van der Waals surface area (Å²) in [4.78, 5) is 0. The molecule has 0 atom stereocenters. The number of nitrogens with one attached hydrogen (secondary N) is 1. The highest BCUT2D eigenvalue weighted by molar-refractivity contribution is 5.24. The summed E-state index contributed by atoms with van der Waals surface area (Å²) < 4.78 is 0. The molecule has 10 heavy (non-hydrogen) atoms. The summed E-state index contributed by atoms with van der Waals surface area (Å²) in [5, 5.41) is 3.08. The van der Waals surface area contributed by atoms with E-state index in [0.29, 0.717) is 0 Å². The van der Waals surface area contributed by atoms with Crippen molar-refractivity contribution in [3.05, 3.63) is 36.2 Å². The Hall–Kier alpha value is -0.980. The van der Waals surface area contributed by atoms with E-state index in [1.54, 1.807) is 0 Å². The van der Waals surface area contributed by atoms with Gasteiger partial charge in [0.2, 0.25) is 0 Å². The molecule has 0 saturated heterocycles. The van der Waals surface area contributed by atoms with Crippen molar-refractivity contribution in [2.24, 2.45) is 0 Å². The first-order valence-electron chi connectivity index (χ1n) is 3.72. The summed E-state index contributed by atoms with van der Waals surface area (Å²) in [7, 11) is 0. The molecule has 0 fully saturated rings. The zero-order valence-corrected chi connectivity index (χ0v) is 6.30. The van der Waals surface area contributed by atoms with Crippen LogP contribution >= 0.6 is 0 Å². The van der Waals surface area contributed by atoms with Crippen LogP contribution in [0.25, 0.3) is 0 Å². The molecule has 1 heteroatoms. The Balaban J connectivity index is 2.51. The van der Waals surface area contributed by atoms with Crippen LogP contribution in [0.5, 0.6) is 0 Å². The predicted octanol–water partition coefficient (Wildman–Crippen LogP) is 2.34. The molecule has 0 bridgehead atoms. The molecule has 0 spiro atoms. The predicted molar refractivity (Wildman–Crippen MR) is 44.4 cm³/mol. The summed E-state index contributed by atoms with van der Waals surface area (Å²) in [5.41, 5.74) is 1.37. The Bertz CT molecular complexity index is 175. The van der Waals surface area contributed by atoms with Gasteiger partial charge in [0.1, 0.15) is 0 Å². The van der Waals surface area contributed by atoms with E-state index in [1.807, 2.05) is 18.5 Å². The summed E-state index contributed by atoms with van der Waals surface area (Å²) in [6.07, 6.45) is 12.5. The van der Waals surface area contributed by atoms with Gasteiger partial charge in [-0.1, -0.05) is 25.5 Å². The monoisotopic (exact) mass is 135 g/mol. The van der Waals surface area contributed by atoms with E-state index in [-0.39, 0.29) is 0 Å². The second-order valence-electron chi connectivity index (χ2n) is 2.35. The Kier molecular flexibility index (Phi) is 2.81. The van der Waals surface area contributed by atoms with Crippen LogP contribution in [0.15, 0.2) is 36.2 Å². The minimum absolute atomic E-state index is 1.16. The van der Waals surface area contributed by atoms with Gasteiger partial charge in [0.05, 0.1) is 0 Å². The molecule has 0 amide bonds. The van der Waals surface area contributed by atoms with Gasteiger partial charge in [0.25, 0.3) is 0 Å². The van der Waals surface area contributed by atoms with Gasteiger partial charge in [0.15, 0.2) is 0 Å². The first-order valence-corrected chi connectivity index (χ1v) is 3.72. The Morgan fingerprint density at radius 1 is 1.40 bits per heavy atom. The Morgan fingerprint density at radius 3 is 3.10 bits per heavy atom. The molecule has 1 aliphatic heterocycles. The molecule has 1 rings (SSSR count). The third kappa shape index (κ3) is 2.09. The van der Waals surface area contributed by atoms with E-state index in [9.17, 15) is 0 Å². The van der Waals surface area contributed by atoms with Crippen molar-refractivity contribution in [1.29, 1.82) is 0 Å². The van der Waals surface area contributed by atoms with Gasteiger partial charge >= 0.3 is 0 Å². The largest absolute Gasteiger partial charge is 0.367 e. The third-order valence-electron chi connectivity index (χ3n) is 1.42. The molecule has 1 aliphatic rings. The molecule has 0 saturated carbocycles. The molecular weight excluding hydrogens is 122 g/mol. The standard InChI is InChI=1S/C9H13N/c1-2-5-9-6-3-4-7-10-8-9/h3-4,6-8,10H,2,5H2,1H3. The minimum Gasteiger partial charge on any atom is -0.367 e. The summed E-state index contributed by atoms with van der Waals surface area (Å²) in [6, 6.07) is 0. The lowest BCUT2D eigenvalue weighted by Crippen LogP contribution is -1.92. The maximum absolute atomic E-state index is 3.08. The van der Waals surface area contributed by atoms with Gasteiger partial charge < -0.3 is 5.32 Å². The fraction of sp³-hybridized carbons (Fsp3) is 0.333. The lowest BCUT2D eigenvalue weighted by atomic mass is 10.1. The molecule has 1 nitrogen and oxygen atoms in total. The van der Waals surface area contributed by atoms with Gasteiger partial charge in [-0.2, -0.15) is 0 Å². The van der Waals surface area contributed by atoms with Crippen LogP contribution in [0, 0.1) is 0 Å². The second-order valence-corrected chi connectivity index (χ2v) is 2.35. The van der Waals surface area contributed by atoms with Gasteiger partial charge in [-0.15, -0.1) is 0 Å². The Morgan fingerprint density at radius 2 is 2.30 bits per heavy atom. The fourth-order valence-corrected chi connectivity index (χ4v) is 0.938. The lowest BCUT2D eigenvalue weighted by Gasteiger charge is -1.96. The molecule has 1 N–H and O–H groups in total. The molecule has 0 aromatic heterocycles. The highest BCUT2D eigenvalue weighted by Gasteiger charge is 1.89. The van der Waals surface area contributed by atoms with E-state index in [4.69, 9.17) is 0 Å². The number of allylic oxidation sites excluding steroid dienone is 4. The summed E-state index contributed by atoms with van der Waals surface area (Å²) >= 11 is 0. The summed E-state index contributed by atoms with van der Waals surface area (Å²) in [5.74, 6) is 0. The van der Waals surface area contributed by atoms with Crippen LogP contribution in [-0.2, 0) is 0 Å². The average Bonchev–Trinajstić information content (AvgIpc) is 2.17. The van der Waals surface area contributed by atoms with Crippen LogP contribution in [0.1, 0.15) is 19.8 Å². The SMILES string of the molecule is CCCC1=CNC=CC=C1. The quantitative estimate of drug-likeness (QED) is 0.612. The van der Waals surface area contributed by atoms with E-state index in [0.717, 1.165) is 6.42 Å². The van der Waals surface area contributed by atoms with E-state index in [1.165, 1.54) is 12.0 Å². The van der Waals surface area contributed by atoms with E-state index in [2.05, 4.69) is 24.4 Å². The molecule has 54 valence electrons. The van der Waals surface area contributed by atoms with Gasteiger partial charge in [0, 0.05) is 12.4 Å². The highest BCUT2D eigenvalue weighted by Crippen LogP contribution is 2.06. The Labute approximate surface area is 62.1 Å². The minimum atomic E-state index is 1.16. The lowest BCUT2D eigenvalue weighted by molar-refractivity contribution is 0.916. The molecule has 0 aromatic rings. The molecule has 1 heterocycles. The number of rotatable bonds is 2. The van der Waals surface area contributed by atoms with Gasteiger partial charge in [-0.3, -0.25) is 0 Å². The molecule has 0 radical (unpaired) electrons. The zero-order chi connectivity index (χ0) is 7.23. The molecule has 0 aliphatic carbocycles. The van der Waals surface area contributed by atoms with Crippen molar-refractivity contribution in [1.82, 2.24) is 5.32 Å². The van der Waals surface area contributed by atoms with Crippen molar-refractivity contribution in [2.75, 3.05) is 0 Å². The average molecular weight is 135 g/mol. The van der Waals surface area contributed by atoms with Crippen LogP contribution in [0.2, 0.25) is 0 Å². The maximum Gasteiger partial charge on any atom is 0.00367 e. The normalized spacial score (nSPS) is 15.9. The molecule has 0 unspecified atom stereocenters. The number of hydrogen-bond acceptors (Lipinski definition) is 1. The molecule has 0 aromatic carbocycles. The first-order chi connectivity index (χ1) is 4.93. The van der Waals surface area contributed by atoms with Crippen molar-refractivity contribution >= 4 is 0 Å². The first kappa shape index (κ1) is 7.13. The van der Waals surface area contributed by atoms with Gasteiger partial charge in [-0.05, 0) is 18.1 Å². The maximum atomic E-state index is 3.08. The van der Waals surface area contributed by atoms with Gasteiger partial charge in [-0.25, -0.2) is 0 Å². The molecular formula is C9H13N. The van der Waals surface area contributed by atoms with Crippen molar-refractivity contribution in [3.8, 4) is 0 Å².